The first-order valence-corrected chi connectivity index (χ1v) is 7.21. The summed E-state index contributed by atoms with van der Waals surface area (Å²) in [6.45, 7) is 4.31. The minimum Gasteiger partial charge on any atom is -0.396 e. The molecule has 0 aliphatic carbocycles. The largest absolute Gasteiger partial charge is 0.396 e. The second kappa shape index (κ2) is 8.02. The molecule has 5 nitrogen and oxygen atoms in total. The van der Waals surface area contributed by atoms with Crippen molar-refractivity contribution in [3.05, 3.63) is 59.2 Å². The van der Waals surface area contributed by atoms with E-state index in [0.29, 0.717) is 12.3 Å². The molecule has 2 rings (SSSR count). The van der Waals surface area contributed by atoms with E-state index in [1.807, 2.05) is 44.2 Å². The number of carbonyl (C=O) groups is 1. The van der Waals surface area contributed by atoms with Crippen LogP contribution in [0, 0.1) is 6.92 Å². The molecule has 2 aromatic heterocycles. The number of hydrogen-bond acceptors (Lipinski definition) is 5. The minimum absolute atomic E-state index is 0.456. The zero-order valence-corrected chi connectivity index (χ0v) is 12.8. The number of aryl methyl sites for hydroxylation is 2. The molecule has 0 spiro atoms. The fourth-order valence-corrected chi connectivity index (χ4v) is 1.95. The molecule has 0 atom stereocenters. The van der Waals surface area contributed by atoms with Gasteiger partial charge in [0.2, 0.25) is 0 Å². The molecule has 5 heteroatoms. The number of carbonyl (C=O) groups excluding carboxylic acids is 1. The van der Waals surface area contributed by atoms with E-state index in [2.05, 4.69) is 15.1 Å². The molecule has 22 heavy (non-hydrogen) atoms. The number of hydrogen-bond donors (Lipinski definition) is 0. The third-order valence-electron chi connectivity index (χ3n) is 3.08. The van der Waals surface area contributed by atoms with Gasteiger partial charge in [0.1, 0.15) is 18.0 Å². The lowest BCUT2D eigenvalue weighted by molar-refractivity contribution is 0.111. The van der Waals surface area contributed by atoms with Gasteiger partial charge in [0.25, 0.3) is 0 Å². The van der Waals surface area contributed by atoms with Gasteiger partial charge in [-0.1, -0.05) is 17.3 Å². The van der Waals surface area contributed by atoms with Crippen molar-refractivity contribution < 1.29 is 9.63 Å². The summed E-state index contributed by atoms with van der Waals surface area (Å²) in [4.78, 5) is 24.6. The number of nitrogens with zero attached hydrogens (tertiary/aromatic N) is 3. The Labute approximate surface area is 130 Å². The highest BCUT2D eigenvalue weighted by Crippen LogP contribution is 2.03. The maximum absolute atomic E-state index is 10.7. The normalized spacial score (nSPS) is 11.3. The molecule has 0 unspecified atom stereocenters. The van der Waals surface area contributed by atoms with Crippen LogP contribution in [0.15, 0.2) is 41.6 Å². The number of aldehydes is 1. The summed E-state index contributed by atoms with van der Waals surface area (Å²) in [6, 6.07) is 11.2. The van der Waals surface area contributed by atoms with E-state index in [0.717, 1.165) is 41.9 Å². The fourth-order valence-electron chi connectivity index (χ4n) is 1.95. The average molecular weight is 297 g/mol. The summed E-state index contributed by atoms with van der Waals surface area (Å²) in [5.74, 6) is 0. The molecule has 0 radical (unpaired) electrons. The molecule has 0 saturated heterocycles. The van der Waals surface area contributed by atoms with Crippen molar-refractivity contribution in [2.75, 3.05) is 6.61 Å². The second-order valence-corrected chi connectivity index (χ2v) is 4.95. The Kier molecular flexibility index (Phi) is 5.77. The van der Waals surface area contributed by atoms with E-state index in [9.17, 15) is 4.79 Å². The van der Waals surface area contributed by atoms with Gasteiger partial charge in [-0.3, -0.25) is 14.8 Å². The van der Waals surface area contributed by atoms with Crippen molar-refractivity contribution in [3.63, 3.8) is 0 Å². The quantitative estimate of drug-likeness (QED) is 0.341. The first-order valence-electron chi connectivity index (χ1n) is 7.21. The predicted octanol–water partition coefficient (Wildman–Crippen LogP) is 2.97. The molecule has 0 fully saturated rings. The lowest BCUT2D eigenvalue weighted by atomic mass is 10.2. The van der Waals surface area contributed by atoms with Crippen molar-refractivity contribution in [2.45, 2.75) is 26.7 Å². The molecule has 2 heterocycles. The Morgan fingerprint density at radius 1 is 1.23 bits per heavy atom. The van der Waals surface area contributed by atoms with E-state index in [4.69, 9.17) is 4.84 Å². The van der Waals surface area contributed by atoms with Gasteiger partial charge in [0.05, 0.1) is 5.69 Å². The van der Waals surface area contributed by atoms with Crippen molar-refractivity contribution in [3.8, 4) is 0 Å². The molecule has 0 aliphatic rings. The number of pyridine rings is 2. The van der Waals surface area contributed by atoms with E-state index in [1.54, 1.807) is 6.07 Å². The Hall–Kier alpha value is -2.56. The summed E-state index contributed by atoms with van der Waals surface area (Å²) in [5, 5.41) is 4.08. The van der Waals surface area contributed by atoms with Gasteiger partial charge < -0.3 is 4.84 Å². The summed E-state index contributed by atoms with van der Waals surface area (Å²) in [7, 11) is 0. The number of aromatic nitrogens is 2. The number of oxime groups is 1. The third-order valence-corrected chi connectivity index (χ3v) is 3.08. The zero-order valence-electron chi connectivity index (χ0n) is 12.8. The van der Waals surface area contributed by atoms with Crippen LogP contribution in [0.3, 0.4) is 0 Å². The van der Waals surface area contributed by atoms with Crippen LogP contribution in [-0.2, 0) is 11.3 Å². The molecular formula is C17H19N3O2. The molecule has 0 bridgehead atoms. The zero-order chi connectivity index (χ0) is 15.8. The molecule has 2 aromatic rings. The van der Waals surface area contributed by atoms with Gasteiger partial charge in [-0.2, -0.15) is 0 Å². The average Bonchev–Trinajstić information content (AvgIpc) is 2.54. The highest BCUT2D eigenvalue weighted by atomic mass is 16.6. The Bertz CT molecular complexity index is 668. The van der Waals surface area contributed by atoms with Crippen molar-refractivity contribution >= 4 is 12.0 Å². The lowest BCUT2D eigenvalue weighted by Gasteiger charge is -2.03. The van der Waals surface area contributed by atoms with Gasteiger partial charge in [0, 0.05) is 11.4 Å². The van der Waals surface area contributed by atoms with Crippen LogP contribution in [0.1, 0.15) is 40.9 Å². The highest BCUT2D eigenvalue weighted by Gasteiger charge is 2.00. The van der Waals surface area contributed by atoms with Crippen molar-refractivity contribution in [2.24, 2.45) is 5.16 Å². The maximum atomic E-state index is 10.7. The Balaban J connectivity index is 1.79. The molecule has 0 aliphatic heterocycles. The van der Waals surface area contributed by atoms with Crippen LogP contribution in [0.25, 0.3) is 0 Å². The minimum atomic E-state index is 0.456. The van der Waals surface area contributed by atoms with Crippen molar-refractivity contribution in [1.29, 1.82) is 0 Å². The van der Waals surface area contributed by atoms with Crippen LogP contribution in [-0.4, -0.2) is 28.6 Å². The summed E-state index contributed by atoms with van der Waals surface area (Å²) >= 11 is 0. The van der Waals surface area contributed by atoms with Crippen LogP contribution in [0.2, 0.25) is 0 Å². The maximum Gasteiger partial charge on any atom is 0.168 e. The van der Waals surface area contributed by atoms with Crippen LogP contribution in [0.4, 0.5) is 0 Å². The van der Waals surface area contributed by atoms with Crippen LogP contribution >= 0.6 is 0 Å². The summed E-state index contributed by atoms with van der Waals surface area (Å²) in [5.41, 5.74) is 3.87. The van der Waals surface area contributed by atoms with Crippen molar-refractivity contribution in [1.82, 2.24) is 9.97 Å². The molecule has 0 saturated carbocycles. The van der Waals surface area contributed by atoms with Gasteiger partial charge in [-0.05, 0) is 51.0 Å². The lowest BCUT2D eigenvalue weighted by Crippen LogP contribution is -2.02. The molecule has 0 amide bonds. The summed E-state index contributed by atoms with van der Waals surface area (Å²) < 4.78 is 0. The molecule has 0 aromatic carbocycles. The molecular weight excluding hydrogens is 278 g/mol. The van der Waals surface area contributed by atoms with Crippen LogP contribution in [0.5, 0.6) is 0 Å². The second-order valence-electron chi connectivity index (χ2n) is 4.95. The van der Waals surface area contributed by atoms with Gasteiger partial charge in [0.15, 0.2) is 6.29 Å². The molecule has 0 N–H and O–H groups in total. The van der Waals surface area contributed by atoms with Gasteiger partial charge >= 0.3 is 0 Å². The first kappa shape index (κ1) is 15.8. The van der Waals surface area contributed by atoms with E-state index in [1.165, 1.54) is 0 Å². The number of rotatable bonds is 7. The smallest absolute Gasteiger partial charge is 0.168 e. The molecule has 114 valence electrons. The SMILES string of the molecule is C/C(=N\OCCCc1cccc(C=O)n1)c1cccc(C)n1. The highest BCUT2D eigenvalue weighted by molar-refractivity contribution is 5.96. The fraction of sp³-hybridized carbons (Fsp3) is 0.294. The first-order chi connectivity index (χ1) is 10.7. The van der Waals surface area contributed by atoms with Gasteiger partial charge in [-0.25, -0.2) is 0 Å². The Morgan fingerprint density at radius 3 is 2.82 bits per heavy atom. The monoisotopic (exact) mass is 297 g/mol. The third kappa shape index (κ3) is 4.77. The van der Waals surface area contributed by atoms with E-state index >= 15 is 0 Å². The standard InChI is InChI=1S/C17H19N3O2/c1-13-6-3-10-17(18-13)14(2)20-22-11-5-9-15-7-4-8-16(12-21)19-15/h3-4,6-8,10,12H,5,9,11H2,1-2H3/b20-14+. The predicted molar refractivity (Wildman–Crippen MR) is 85.1 cm³/mol. The topological polar surface area (TPSA) is 64.4 Å². The Morgan fingerprint density at radius 2 is 2.05 bits per heavy atom. The van der Waals surface area contributed by atoms with Crippen LogP contribution < -0.4 is 0 Å². The van der Waals surface area contributed by atoms with E-state index in [-0.39, 0.29) is 0 Å². The van der Waals surface area contributed by atoms with Gasteiger partial charge in [-0.15, -0.1) is 0 Å². The summed E-state index contributed by atoms with van der Waals surface area (Å²) in [6.07, 6.45) is 2.29. The van der Waals surface area contributed by atoms with E-state index < -0.39 is 0 Å².